The van der Waals surface area contributed by atoms with Crippen LogP contribution in [0.2, 0.25) is 0 Å². The smallest absolute Gasteiger partial charge is 0.104 e. The first-order valence-electron chi connectivity index (χ1n) is 9.50. The van der Waals surface area contributed by atoms with E-state index in [0.29, 0.717) is 16.9 Å². The molecule has 2 nitrogen and oxygen atoms in total. The molecule has 0 amide bonds. The third kappa shape index (κ3) is 2.64. The highest BCUT2D eigenvalue weighted by molar-refractivity contribution is 5.30. The normalized spacial score (nSPS) is 43.7. The second-order valence-electron chi connectivity index (χ2n) is 8.89. The molecular formula is C21H28O2. The van der Waals surface area contributed by atoms with Crippen LogP contribution in [0.5, 0.6) is 0 Å². The summed E-state index contributed by atoms with van der Waals surface area (Å²) in [7, 11) is 0. The van der Waals surface area contributed by atoms with Gasteiger partial charge in [-0.15, -0.1) is 0 Å². The first-order valence-corrected chi connectivity index (χ1v) is 9.50. The number of ether oxygens (including phenoxy) is 2. The minimum absolute atomic E-state index is 0.405. The van der Waals surface area contributed by atoms with Gasteiger partial charge in [0.05, 0.1) is 13.2 Å². The fourth-order valence-corrected chi connectivity index (χ4v) is 6.54. The maximum absolute atomic E-state index is 5.91. The Morgan fingerprint density at radius 2 is 1.78 bits per heavy atom. The van der Waals surface area contributed by atoms with Crippen molar-refractivity contribution in [3.05, 3.63) is 35.9 Å². The fraction of sp³-hybridized carbons (Fsp3) is 0.714. The van der Waals surface area contributed by atoms with Gasteiger partial charge in [0, 0.05) is 6.61 Å². The highest BCUT2D eigenvalue weighted by atomic mass is 16.6. The van der Waals surface area contributed by atoms with Gasteiger partial charge in [0.25, 0.3) is 0 Å². The molecule has 0 spiro atoms. The molecule has 4 saturated carbocycles. The molecule has 5 aliphatic rings. The van der Waals surface area contributed by atoms with Gasteiger partial charge in [-0.3, -0.25) is 0 Å². The molecule has 4 bridgehead atoms. The Hall–Kier alpha value is -0.860. The molecule has 3 atom stereocenters. The standard InChI is InChI=1S/C21H28O2/c1-2-4-18(5-3-1)21-11-16-8-17(12-21)10-20(9-16,15-21)6-7-22-13-19-14-23-19/h1-5,16-17,19H,6-15H2/t16?,17?,19-,20?,21?/m0/s1. The lowest BCUT2D eigenvalue weighted by Gasteiger charge is -2.62. The molecule has 1 aromatic rings. The van der Waals surface area contributed by atoms with Gasteiger partial charge in [-0.25, -0.2) is 0 Å². The summed E-state index contributed by atoms with van der Waals surface area (Å²) in [6.45, 7) is 2.66. The van der Waals surface area contributed by atoms with Gasteiger partial charge in [-0.05, 0) is 73.2 Å². The highest BCUT2D eigenvalue weighted by Crippen LogP contribution is 2.66. The van der Waals surface area contributed by atoms with E-state index in [1.54, 1.807) is 5.56 Å². The molecule has 1 saturated heterocycles. The highest BCUT2D eigenvalue weighted by Gasteiger charge is 2.57. The molecule has 1 aliphatic heterocycles. The molecule has 1 aromatic carbocycles. The van der Waals surface area contributed by atoms with Crippen LogP contribution in [0.1, 0.15) is 50.5 Å². The topological polar surface area (TPSA) is 21.8 Å². The van der Waals surface area contributed by atoms with E-state index in [-0.39, 0.29) is 0 Å². The van der Waals surface area contributed by atoms with Crippen molar-refractivity contribution in [1.82, 2.24) is 0 Å². The Balaban J connectivity index is 1.34. The summed E-state index contributed by atoms with van der Waals surface area (Å²) in [6, 6.07) is 11.4. The van der Waals surface area contributed by atoms with Crippen molar-refractivity contribution in [2.45, 2.75) is 56.5 Å². The third-order valence-electron chi connectivity index (χ3n) is 7.05. The van der Waals surface area contributed by atoms with Gasteiger partial charge >= 0.3 is 0 Å². The van der Waals surface area contributed by atoms with Crippen molar-refractivity contribution in [2.75, 3.05) is 19.8 Å². The minimum atomic E-state index is 0.405. The summed E-state index contributed by atoms with van der Waals surface area (Å²) in [5.74, 6) is 1.92. The molecule has 0 radical (unpaired) electrons. The quantitative estimate of drug-likeness (QED) is 0.576. The third-order valence-corrected chi connectivity index (χ3v) is 7.05. The lowest BCUT2D eigenvalue weighted by Crippen LogP contribution is -2.54. The van der Waals surface area contributed by atoms with Gasteiger partial charge in [0.1, 0.15) is 6.10 Å². The first-order chi connectivity index (χ1) is 11.3. The van der Waals surface area contributed by atoms with E-state index in [4.69, 9.17) is 9.47 Å². The summed E-state index contributed by atoms with van der Waals surface area (Å²) < 4.78 is 11.2. The van der Waals surface area contributed by atoms with Crippen LogP contribution < -0.4 is 0 Å². The molecule has 124 valence electrons. The average Bonchev–Trinajstić information content (AvgIpc) is 3.36. The zero-order chi connectivity index (χ0) is 15.3. The van der Waals surface area contributed by atoms with Crippen LogP contribution in [0.4, 0.5) is 0 Å². The Morgan fingerprint density at radius 3 is 2.48 bits per heavy atom. The molecule has 0 N–H and O–H groups in total. The van der Waals surface area contributed by atoms with Crippen molar-refractivity contribution in [3.63, 3.8) is 0 Å². The van der Waals surface area contributed by atoms with Crippen molar-refractivity contribution in [3.8, 4) is 0 Å². The number of epoxide rings is 1. The van der Waals surface area contributed by atoms with Gasteiger partial charge in [-0.2, -0.15) is 0 Å². The predicted octanol–water partition coefficient (Wildman–Crippen LogP) is 4.33. The molecule has 2 heteroatoms. The predicted molar refractivity (Wildman–Crippen MR) is 90.4 cm³/mol. The maximum atomic E-state index is 5.91. The molecule has 6 rings (SSSR count). The molecule has 0 aromatic heterocycles. The zero-order valence-electron chi connectivity index (χ0n) is 14.0. The van der Waals surface area contributed by atoms with E-state index < -0.39 is 0 Å². The lowest BCUT2D eigenvalue weighted by molar-refractivity contribution is -0.0862. The number of benzene rings is 1. The van der Waals surface area contributed by atoms with E-state index in [1.807, 2.05) is 0 Å². The summed E-state index contributed by atoms with van der Waals surface area (Å²) in [4.78, 5) is 0. The van der Waals surface area contributed by atoms with E-state index in [2.05, 4.69) is 30.3 Å². The van der Waals surface area contributed by atoms with E-state index >= 15 is 0 Å². The second kappa shape index (κ2) is 5.32. The van der Waals surface area contributed by atoms with E-state index in [9.17, 15) is 0 Å². The SMILES string of the molecule is c1ccc(C23CC4CC(CC(CCOC[C@H]5CO5)(C4)C2)C3)cc1. The van der Waals surface area contributed by atoms with Crippen LogP contribution in [0.15, 0.2) is 30.3 Å². The number of rotatable bonds is 6. The van der Waals surface area contributed by atoms with Crippen LogP contribution in [0.3, 0.4) is 0 Å². The molecule has 1 heterocycles. The maximum Gasteiger partial charge on any atom is 0.104 e. The molecule has 4 aliphatic carbocycles. The van der Waals surface area contributed by atoms with Crippen molar-refractivity contribution in [1.29, 1.82) is 0 Å². The first kappa shape index (κ1) is 14.5. The average molecular weight is 312 g/mol. The lowest BCUT2D eigenvalue weighted by atomic mass is 9.42. The number of hydrogen-bond acceptors (Lipinski definition) is 2. The minimum Gasteiger partial charge on any atom is -0.379 e. The largest absolute Gasteiger partial charge is 0.379 e. The van der Waals surface area contributed by atoms with Crippen LogP contribution in [0.25, 0.3) is 0 Å². The Kier molecular flexibility index (Phi) is 3.35. The van der Waals surface area contributed by atoms with Gasteiger partial charge in [-0.1, -0.05) is 30.3 Å². The molecule has 2 unspecified atom stereocenters. The Labute approximate surface area is 139 Å². The van der Waals surface area contributed by atoms with Crippen molar-refractivity contribution >= 4 is 0 Å². The van der Waals surface area contributed by atoms with Crippen LogP contribution >= 0.6 is 0 Å². The van der Waals surface area contributed by atoms with E-state index in [1.165, 1.54) is 44.9 Å². The molecule has 23 heavy (non-hydrogen) atoms. The van der Waals surface area contributed by atoms with Crippen molar-refractivity contribution in [2.24, 2.45) is 17.3 Å². The van der Waals surface area contributed by atoms with E-state index in [0.717, 1.165) is 31.7 Å². The summed E-state index contributed by atoms with van der Waals surface area (Å²) in [6.07, 6.45) is 10.4. The van der Waals surface area contributed by atoms with Gasteiger partial charge in [0.15, 0.2) is 0 Å². The second-order valence-corrected chi connectivity index (χ2v) is 8.89. The zero-order valence-corrected chi connectivity index (χ0v) is 14.0. The molecular weight excluding hydrogens is 284 g/mol. The monoisotopic (exact) mass is 312 g/mol. The van der Waals surface area contributed by atoms with Crippen LogP contribution in [-0.2, 0) is 14.9 Å². The van der Waals surface area contributed by atoms with Crippen LogP contribution in [-0.4, -0.2) is 25.9 Å². The Morgan fingerprint density at radius 1 is 1.04 bits per heavy atom. The fourth-order valence-electron chi connectivity index (χ4n) is 6.54. The van der Waals surface area contributed by atoms with Gasteiger partial charge in [0.2, 0.25) is 0 Å². The summed E-state index contributed by atoms with van der Waals surface area (Å²) >= 11 is 0. The van der Waals surface area contributed by atoms with Gasteiger partial charge < -0.3 is 9.47 Å². The van der Waals surface area contributed by atoms with Crippen molar-refractivity contribution < 1.29 is 9.47 Å². The number of hydrogen-bond donors (Lipinski definition) is 0. The Bertz CT molecular complexity index is 548. The molecule has 5 fully saturated rings. The summed E-state index contributed by atoms with van der Waals surface area (Å²) in [5.41, 5.74) is 2.65. The van der Waals surface area contributed by atoms with Crippen LogP contribution in [0, 0.1) is 17.3 Å². The summed E-state index contributed by atoms with van der Waals surface area (Å²) in [5, 5.41) is 0.